The van der Waals surface area contributed by atoms with Gasteiger partial charge in [0.15, 0.2) is 0 Å². The number of carboxylic acid groups (broad SMARTS) is 1. The van der Waals surface area contributed by atoms with Crippen molar-refractivity contribution in [2.45, 2.75) is 13.8 Å². The molecule has 1 aromatic carbocycles. The normalized spacial score (nSPS) is 10.2. The standard InChI is InChI=1S/C16H16N2O3/c1-11-5-7-13(8-6-11)18(10-14(19)20)16(21)15-12(2)4-3-9-17-15/h3-9H,10H2,1-2H3,(H,19,20). The Morgan fingerprint density at radius 2 is 1.81 bits per heavy atom. The molecule has 0 aliphatic carbocycles. The van der Waals surface area contributed by atoms with Crippen molar-refractivity contribution >= 4 is 17.6 Å². The number of pyridine rings is 1. The number of aryl methyl sites for hydroxylation is 2. The molecule has 5 nitrogen and oxygen atoms in total. The van der Waals surface area contributed by atoms with Crippen LogP contribution in [0, 0.1) is 13.8 Å². The molecule has 0 saturated heterocycles. The average molecular weight is 284 g/mol. The molecule has 1 N–H and O–H groups in total. The fraction of sp³-hybridized carbons (Fsp3) is 0.188. The molecular weight excluding hydrogens is 268 g/mol. The van der Waals surface area contributed by atoms with Crippen molar-refractivity contribution in [3.8, 4) is 0 Å². The highest BCUT2D eigenvalue weighted by atomic mass is 16.4. The predicted molar refractivity (Wildman–Crippen MR) is 79.5 cm³/mol. The van der Waals surface area contributed by atoms with Crippen LogP contribution in [0.15, 0.2) is 42.6 Å². The summed E-state index contributed by atoms with van der Waals surface area (Å²) in [5.41, 5.74) is 2.55. The summed E-state index contributed by atoms with van der Waals surface area (Å²) in [5, 5.41) is 9.05. The van der Waals surface area contributed by atoms with Crippen LogP contribution in [-0.4, -0.2) is 28.5 Å². The Kier molecular flexibility index (Phi) is 4.33. The number of carbonyl (C=O) groups is 2. The highest BCUT2D eigenvalue weighted by Crippen LogP contribution is 2.18. The zero-order valence-electron chi connectivity index (χ0n) is 11.9. The third-order valence-electron chi connectivity index (χ3n) is 3.10. The zero-order valence-corrected chi connectivity index (χ0v) is 11.9. The average Bonchev–Trinajstić information content (AvgIpc) is 2.45. The molecule has 0 aliphatic rings. The van der Waals surface area contributed by atoms with Crippen molar-refractivity contribution in [3.05, 3.63) is 59.4 Å². The molecule has 1 amide bonds. The quantitative estimate of drug-likeness (QED) is 0.936. The van der Waals surface area contributed by atoms with Gasteiger partial charge in [-0.3, -0.25) is 19.5 Å². The number of hydrogen-bond acceptors (Lipinski definition) is 3. The Morgan fingerprint density at radius 1 is 1.14 bits per heavy atom. The summed E-state index contributed by atoms with van der Waals surface area (Å²) in [6.07, 6.45) is 1.52. The first-order chi connectivity index (χ1) is 9.99. The minimum atomic E-state index is -1.07. The molecule has 1 aromatic heterocycles. The van der Waals surface area contributed by atoms with E-state index in [0.29, 0.717) is 11.3 Å². The van der Waals surface area contributed by atoms with Crippen molar-refractivity contribution in [2.75, 3.05) is 11.4 Å². The van der Waals surface area contributed by atoms with Crippen molar-refractivity contribution in [3.63, 3.8) is 0 Å². The maximum absolute atomic E-state index is 12.6. The topological polar surface area (TPSA) is 70.5 Å². The van der Waals surface area contributed by atoms with E-state index in [1.807, 2.05) is 19.1 Å². The highest BCUT2D eigenvalue weighted by molar-refractivity contribution is 6.07. The SMILES string of the molecule is Cc1ccc(N(CC(=O)O)C(=O)c2ncccc2C)cc1. The Balaban J connectivity index is 2.40. The molecule has 21 heavy (non-hydrogen) atoms. The molecule has 5 heteroatoms. The van der Waals surface area contributed by atoms with Crippen molar-refractivity contribution in [1.29, 1.82) is 0 Å². The molecule has 1 heterocycles. The first-order valence-corrected chi connectivity index (χ1v) is 6.51. The van der Waals surface area contributed by atoms with Crippen LogP contribution in [0.25, 0.3) is 0 Å². The number of amides is 1. The number of benzene rings is 1. The van der Waals surface area contributed by atoms with E-state index in [4.69, 9.17) is 5.11 Å². The number of hydrogen-bond donors (Lipinski definition) is 1. The number of carbonyl (C=O) groups excluding carboxylic acids is 1. The van der Waals surface area contributed by atoms with Gasteiger partial charge in [0.2, 0.25) is 0 Å². The molecule has 2 aromatic rings. The monoisotopic (exact) mass is 284 g/mol. The summed E-state index contributed by atoms with van der Waals surface area (Å²) in [7, 11) is 0. The molecule has 0 fully saturated rings. The van der Waals surface area contributed by atoms with Crippen LogP contribution in [-0.2, 0) is 4.79 Å². The lowest BCUT2D eigenvalue weighted by Gasteiger charge is -2.21. The van der Waals surface area contributed by atoms with E-state index in [-0.39, 0.29) is 5.69 Å². The second-order valence-electron chi connectivity index (χ2n) is 4.79. The van der Waals surface area contributed by atoms with Crippen LogP contribution in [0.2, 0.25) is 0 Å². The number of carboxylic acids is 1. The predicted octanol–water partition coefficient (Wildman–Crippen LogP) is 2.43. The molecule has 0 bridgehead atoms. The Hall–Kier alpha value is -2.69. The van der Waals surface area contributed by atoms with E-state index in [0.717, 1.165) is 5.56 Å². The molecule has 0 spiro atoms. The second-order valence-corrected chi connectivity index (χ2v) is 4.79. The molecule has 0 aliphatic heterocycles. The first kappa shape index (κ1) is 14.7. The van der Waals surface area contributed by atoms with Gasteiger partial charge in [-0.2, -0.15) is 0 Å². The number of aromatic nitrogens is 1. The largest absolute Gasteiger partial charge is 0.480 e. The molecule has 0 atom stereocenters. The smallest absolute Gasteiger partial charge is 0.323 e. The van der Waals surface area contributed by atoms with E-state index in [2.05, 4.69) is 4.98 Å². The van der Waals surface area contributed by atoms with E-state index < -0.39 is 18.4 Å². The highest BCUT2D eigenvalue weighted by Gasteiger charge is 2.22. The number of rotatable bonds is 4. The zero-order chi connectivity index (χ0) is 15.4. The summed E-state index contributed by atoms with van der Waals surface area (Å²) < 4.78 is 0. The van der Waals surface area contributed by atoms with Gasteiger partial charge in [-0.1, -0.05) is 23.8 Å². The van der Waals surface area contributed by atoms with Gasteiger partial charge in [0.25, 0.3) is 5.91 Å². The Labute approximate surface area is 122 Å². The van der Waals surface area contributed by atoms with Crippen LogP contribution >= 0.6 is 0 Å². The number of anilines is 1. The summed E-state index contributed by atoms with van der Waals surface area (Å²) in [6.45, 7) is 3.29. The van der Waals surface area contributed by atoms with Crippen LogP contribution in [0.5, 0.6) is 0 Å². The van der Waals surface area contributed by atoms with E-state index in [1.165, 1.54) is 11.1 Å². The third kappa shape index (κ3) is 3.45. The van der Waals surface area contributed by atoms with E-state index in [1.54, 1.807) is 31.2 Å². The second kappa shape index (κ2) is 6.17. The molecule has 0 unspecified atom stereocenters. The minimum absolute atomic E-state index is 0.263. The van der Waals surface area contributed by atoms with Gasteiger partial charge in [-0.15, -0.1) is 0 Å². The van der Waals surface area contributed by atoms with Gasteiger partial charge in [0, 0.05) is 11.9 Å². The van der Waals surface area contributed by atoms with Crippen LogP contribution in [0.4, 0.5) is 5.69 Å². The van der Waals surface area contributed by atoms with Crippen LogP contribution < -0.4 is 4.90 Å². The van der Waals surface area contributed by atoms with Crippen LogP contribution in [0.3, 0.4) is 0 Å². The minimum Gasteiger partial charge on any atom is -0.480 e. The summed E-state index contributed by atoms with van der Waals surface area (Å²) >= 11 is 0. The van der Waals surface area contributed by atoms with Gasteiger partial charge in [-0.25, -0.2) is 0 Å². The fourth-order valence-corrected chi connectivity index (χ4v) is 1.98. The summed E-state index contributed by atoms with van der Waals surface area (Å²) in [6, 6.07) is 10.6. The molecule has 0 radical (unpaired) electrons. The van der Waals surface area contributed by atoms with Gasteiger partial charge in [-0.05, 0) is 37.6 Å². The van der Waals surface area contributed by atoms with E-state index >= 15 is 0 Å². The molecule has 0 saturated carbocycles. The van der Waals surface area contributed by atoms with Crippen LogP contribution in [0.1, 0.15) is 21.6 Å². The fourth-order valence-electron chi connectivity index (χ4n) is 1.98. The molecule has 108 valence electrons. The lowest BCUT2D eigenvalue weighted by Crippen LogP contribution is -2.36. The van der Waals surface area contributed by atoms with Gasteiger partial charge in [0.1, 0.15) is 12.2 Å². The van der Waals surface area contributed by atoms with Gasteiger partial charge >= 0.3 is 5.97 Å². The lowest BCUT2D eigenvalue weighted by atomic mass is 10.1. The van der Waals surface area contributed by atoms with Gasteiger partial charge in [0.05, 0.1) is 0 Å². The first-order valence-electron chi connectivity index (χ1n) is 6.51. The van der Waals surface area contributed by atoms with E-state index in [9.17, 15) is 9.59 Å². The Bertz CT molecular complexity index is 665. The van der Waals surface area contributed by atoms with Gasteiger partial charge < -0.3 is 5.11 Å². The molecular formula is C16H16N2O3. The summed E-state index contributed by atoms with van der Waals surface area (Å²) in [4.78, 5) is 28.9. The Morgan fingerprint density at radius 3 is 2.38 bits per heavy atom. The summed E-state index contributed by atoms with van der Waals surface area (Å²) in [5.74, 6) is -1.49. The number of nitrogens with zero attached hydrogens (tertiary/aromatic N) is 2. The maximum Gasteiger partial charge on any atom is 0.323 e. The van der Waals surface area contributed by atoms with Crippen molar-refractivity contribution in [1.82, 2.24) is 4.98 Å². The van der Waals surface area contributed by atoms with Crippen molar-refractivity contribution in [2.24, 2.45) is 0 Å². The molecule has 2 rings (SSSR count). The third-order valence-corrected chi connectivity index (χ3v) is 3.10. The lowest BCUT2D eigenvalue weighted by molar-refractivity contribution is -0.135. The maximum atomic E-state index is 12.6. The number of aliphatic carboxylic acids is 1. The van der Waals surface area contributed by atoms with Crippen molar-refractivity contribution < 1.29 is 14.7 Å².